The smallest absolute Gasteiger partial charge is 0.268 e. The van der Waals surface area contributed by atoms with Gasteiger partial charge in [0.15, 0.2) is 0 Å². The second-order valence-electron chi connectivity index (χ2n) is 8.29. The zero-order valence-corrected chi connectivity index (χ0v) is 18.9. The van der Waals surface area contributed by atoms with Gasteiger partial charge in [0.05, 0.1) is 10.4 Å². The summed E-state index contributed by atoms with van der Waals surface area (Å²) in [5, 5.41) is 0.983. The summed E-state index contributed by atoms with van der Waals surface area (Å²) >= 11 is 0. The standard InChI is InChI=1S/C26H28N2O2S/c1-6-20(7-2)16-27(5)25-15-21-17-28(24-10-8-9-23(19(25)4)26(21)24)31(29,30)22-13-11-18(3)12-14-22/h6-14,17,20,25H,1-2,4,15-16H2,3,5H3/t25-/m1/s1. The van der Waals surface area contributed by atoms with Crippen molar-refractivity contribution in [3.63, 3.8) is 0 Å². The highest BCUT2D eigenvalue weighted by Gasteiger charge is 2.31. The number of aromatic nitrogens is 1. The van der Waals surface area contributed by atoms with E-state index in [1.807, 2.05) is 49.4 Å². The largest absolute Gasteiger partial charge is 0.298 e. The molecule has 0 amide bonds. The summed E-state index contributed by atoms with van der Waals surface area (Å²) < 4.78 is 28.3. The van der Waals surface area contributed by atoms with Gasteiger partial charge in [-0.05, 0) is 55.3 Å². The number of likely N-dealkylation sites (N-methyl/N-ethyl adjacent to an activating group) is 1. The molecule has 0 fully saturated rings. The summed E-state index contributed by atoms with van der Waals surface area (Å²) in [4.78, 5) is 2.54. The highest BCUT2D eigenvalue weighted by atomic mass is 32.2. The van der Waals surface area contributed by atoms with Crippen molar-refractivity contribution in [3.8, 4) is 0 Å². The number of nitrogens with zero attached hydrogens (tertiary/aromatic N) is 2. The fraction of sp³-hybridized carbons (Fsp3) is 0.231. The molecule has 0 N–H and O–H groups in total. The molecule has 0 saturated carbocycles. The average molecular weight is 433 g/mol. The molecule has 3 aromatic rings. The van der Waals surface area contributed by atoms with Crippen LogP contribution in [0.5, 0.6) is 0 Å². The van der Waals surface area contributed by atoms with Gasteiger partial charge in [0.25, 0.3) is 10.0 Å². The first kappa shape index (κ1) is 21.3. The summed E-state index contributed by atoms with van der Waals surface area (Å²) in [5.74, 6) is 0.182. The number of aryl methyl sites for hydroxylation is 1. The summed E-state index contributed by atoms with van der Waals surface area (Å²) in [6.45, 7) is 14.9. The minimum atomic E-state index is -3.70. The van der Waals surface area contributed by atoms with Crippen LogP contribution in [0.4, 0.5) is 0 Å². The predicted molar refractivity (Wildman–Crippen MR) is 129 cm³/mol. The lowest BCUT2D eigenvalue weighted by atomic mass is 9.84. The molecule has 1 atom stereocenters. The summed E-state index contributed by atoms with van der Waals surface area (Å²) in [5.41, 5.74) is 4.78. The fourth-order valence-electron chi connectivity index (χ4n) is 4.42. The molecule has 0 spiro atoms. The van der Waals surface area contributed by atoms with Crippen molar-refractivity contribution in [2.45, 2.75) is 24.3 Å². The minimum Gasteiger partial charge on any atom is -0.298 e. The van der Waals surface area contributed by atoms with Crippen LogP contribution >= 0.6 is 0 Å². The predicted octanol–water partition coefficient (Wildman–Crippen LogP) is 5.04. The Bertz CT molecular complexity index is 1270. The highest BCUT2D eigenvalue weighted by molar-refractivity contribution is 7.90. The van der Waals surface area contributed by atoms with Gasteiger partial charge >= 0.3 is 0 Å². The number of benzene rings is 2. The van der Waals surface area contributed by atoms with Crippen molar-refractivity contribution in [1.29, 1.82) is 0 Å². The fourth-order valence-corrected chi connectivity index (χ4v) is 5.80. The van der Waals surface area contributed by atoms with Crippen molar-refractivity contribution in [2.24, 2.45) is 5.92 Å². The molecular formula is C26H28N2O2S. The molecule has 4 rings (SSSR count). The molecule has 1 heterocycles. The molecule has 0 saturated heterocycles. The average Bonchev–Trinajstić information content (AvgIpc) is 3.15. The molecule has 1 aromatic heterocycles. The lowest BCUT2D eigenvalue weighted by molar-refractivity contribution is 0.274. The van der Waals surface area contributed by atoms with Gasteiger partial charge in [-0.25, -0.2) is 12.4 Å². The molecule has 1 aliphatic rings. The van der Waals surface area contributed by atoms with Gasteiger partial charge in [-0.1, -0.05) is 48.6 Å². The second-order valence-corrected chi connectivity index (χ2v) is 10.1. The Kier molecular flexibility index (Phi) is 5.50. The van der Waals surface area contributed by atoms with Crippen LogP contribution in [-0.2, 0) is 16.4 Å². The first-order chi connectivity index (χ1) is 14.8. The Labute approximate surface area is 184 Å². The van der Waals surface area contributed by atoms with Crippen LogP contribution in [0.3, 0.4) is 0 Å². The maximum Gasteiger partial charge on any atom is 0.268 e. The Morgan fingerprint density at radius 1 is 1.16 bits per heavy atom. The normalized spacial score (nSPS) is 16.3. The lowest BCUT2D eigenvalue weighted by Gasteiger charge is -2.34. The van der Waals surface area contributed by atoms with E-state index in [2.05, 4.69) is 31.7 Å². The van der Waals surface area contributed by atoms with Gasteiger partial charge in [-0.3, -0.25) is 4.90 Å². The van der Waals surface area contributed by atoms with Crippen LogP contribution in [0, 0.1) is 12.8 Å². The van der Waals surface area contributed by atoms with Crippen LogP contribution in [0.15, 0.2) is 85.4 Å². The second kappa shape index (κ2) is 7.98. The first-order valence-corrected chi connectivity index (χ1v) is 11.8. The maximum absolute atomic E-state index is 13.4. The Balaban J connectivity index is 1.79. The third kappa shape index (κ3) is 3.58. The number of rotatable bonds is 7. The summed E-state index contributed by atoms with van der Waals surface area (Å²) in [7, 11) is -1.63. The SMILES string of the molecule is C=CC(C=C)CN(C)[C@@H]1Cc2cn(S(=O)(=O)c3ccc(C)cc3)c3cccc(c23)C1=C. The van der Waals surface area contributed by atoms with E-state index >= 15 is 0 Å². The van der Waals surface area contributed by atoms with Gasteiger partial charge < -0.3 is 0 Å². The molecule has 0 unspecified atom stereocenters. The van der Waals surface area contributed by atoms with E-state index < -0.39 is 10.0 Å². The molecular weight excluding hydrogens is 404 g/mol. The molecule has 0 radical (unpaired) electrons. The van der Waals surface area contributed by atoms with Crippen molar-refractivity contribution < 1.29 is 8.42 Å². The lowest BCUT2D eigenvalue weighted by Crippen LogP contribution is -2.38. The molecule has 0 aliphatic heterocycles. The molecule has 31 heavy (non-hydrogen) atoms. The van der Waals surface area contributed by atoms with Crippen LogP contribution in [0.2, 0.25) is 0 Å². The van der Waals surface area contributed by atoms with Crippen molar-refractivity contribution in [2.75, 3.05) is 13.6 Å². The van der Waals surface area contributed by atoms with E-state index in [-0.39, 0.29) is 12.0 Å². The van der Waals surface area contributed by atoms with Gasteiger partial charge in [-0.2, -0.15) is 0 Å². The van der Waals surface area contributed by atoms with Crippen LogP contribution in [0.1, 0.15) is 16.7 Å². The number of hydrogen-bond donors (Lipinski definition) is 0. The molecule has 160 valence electrons. The third-order valence-electron chi connectivity index (χ3n) is 6.25. The zero-order valence-electron chi connectivity index (χ0n) is 18.1. The summed E-state index contributed by atoms with van der Waals surface area (Å²) in [6.07, 6.45) is 6.28. The zero-order chi connectivity index (χ0) is 22.3. The Morgan fingerprint density at radius 2 is 1.84 bits per heavy atom. The van der Waals surface area contributed by atoms with Crippen LogP contribution in [0.25, 0.3) is 16.5 Å². The van der Waals surface area contributed by atoms with E-state index in [9.17, 15) is 8.42 Å². The molecule has 2 aromatic carbocycles. The Morgan fingerprint density at radius 3 is 2.48 bits per heavy atom. The topological polar surface area (TPSA) is 42.3 Å². The van der Waals surface area contributed by atoms with E-state index in [1.165, 1.54) is 3.97 Å². The third-order valence-corrected chi connectivity index (χ3v) is 7.94. The van der Waals surface area contributed by atoms with Gasteiger partial charge in [0.2, 0.25) is 0 Å². The van der Waals surface area contributed by atoms with Crippen molar-refractivity contribution in [1.82, 2.24) is 8.87 Å². The van der Waals surface area contributed by atoms with Gasteiger partial charge in [-0.15, -0.1) is 13.2 Å². The molecule has 0 bridgehead atoms. The van der Waals surface area contributed by atoms with E-state index in [1.54, 1.807) is 18.3 Å². The Hall–Kier alpha value is -2.89. The monoisotopic (exact) mass is 432 g/mol. The van der Waals surface area contributed by atoms with E-state index in [0.717, 1.165) is 34.2 Å². The van der Waals surface area contributed by atoms with Crippen LogP contribution in [-0.4, -0.2) is 36.9 Å². The highest BCUT2D eigenvalue weighted by Crippen LogP contribution is 2.39. The quantitative estimate of drug-likeness (QED) is 0.491. The van der Waals surface area contributed by atoms with Crippen molar-refractivity contribution >= 4 is 26.5 Å². The molecule has 5 heteroatoms. The van der Waals surface area contributed by atoms with Gasteiger partial charge in [0, 0.05) is 30.1 Å². The van der Waals surface area contributed by atoms with E-state index in [4.69, 9.17) is 0 Å². The molecule has 4 nitrogen and oxygen atoms in total. The van der Waals surface area contributed by atoms with Crippen LogP contribution < -0.4 is 0 Å². The number of hydrogen-bond acceptors (Lipinski definition) is 3. The molecule has 1 aliphatic carbocycles. The first-order valence-electron chi connectivity index (χ1n) is 10.4. The van der Waals surface area contributed by atoms with E-state index in [0.29, 0.717) is 16.8 Å². The van der Waals surface area contributed by atoms with Crippen molar-refractivity contribution in [3.05, 3.63) is 97.2 Å². The summed E-state index contributed by atoms with van der Waals surface area (Å²) in [6, 6.07) is 12.9. The van der Waals surface area contributed by atoms with Gasteiger partial charge in [0.1, 0.15) is 0 Å². The minimum absolute atomic E-state index is 0.0819. The maximum atomic E-state index is 13.4.